The van der Waals surface area contributed by atoms with E-state index in [1.54, 1.807) is 18.2 Å². The minimum Gasteiger partial charge on any atom is -0.495 e. The van der Waals surface area contributed by atoms with Crippen LogP contribution >= 0.6 is 0 Å². The van der Waals surface area contributed by atoms with E-state index in [9.17, 15) is 22.4 Å². The van der Waals surface area contributed by atoms with Crippen LogP contribution in [0.25, 0.3) is 22.0 Å². The highest BCUT2D eigenvalue weighted by Crippen LogP contribution is 2.40. The number of nitrogens with zero attached hydrogens (tertiary/aromatic N) is 3. The average Bonchev–Trinajstić information content (AvgIpc) is 2.97. The van der Waals surface area contributed by atoms with E-state index in [4.69, 9.17) is 14.2 Å². The lowest BCUT2D eigenvalue weighted by Gasteiger charge is -2.37. The summed E-state index contributed by atoms with van der Waals surface area (Å²) in [4.78, 5) is 21.9. The van der Waals surface area contributed by atoms with Crippen LogP contribution in [-0.2, 0) is 4.79 Å². The lowest BCUT2D eigenvalue weighted by Crippen LogP contribution is -2.54. The Bertz CT molecular complexity index is 1670. The molecule has 0 spiro atoms. The number of fused-ring (bicyclic) bond motifs is 1. The number of halogens is 4. The number of carbonyl (C=O) groups is 1. The summed E-state index contributed by atoms with van der Waals surface area (Å²) in [5, 5.41) is 3.54. The van der Waals surface area contributed by atoms with Gasteiger partial charge in [-0.1, -0.05) is 12.6 Å². The van der Waals surface area contributed by atoms with Crippen LogP contribution in [0.1, 0.15) is 6.42 Å². The van der Waals surface area contributed by atoms with Crippen molar-refractivity contribution in [2.45, 2.75) is 18.4 Å². The van der Waals surface area contributed by atoms with E-state index in [0.717, 1.165) is 18.2 Å². The number of rotatable bonds is 8. The predicted molar refractivity (Wildman–Crippen MR) is 148 cm³/mol. The van der Waals surface area contributed by atoms with Crippen LogP contribution in [0.3, 0.4) is 0 Å². The van der Waals surface area contributed by atoms with Crippen molar-refractivity contribution in [1.82, 2.24) is 14.9 Å². The molecule has 12 heteroatoms. The summed E-state index contributed by atoms with van der Waals surface area (Å²) in [7, 11) is 2.82. The van der Waals surface area contributed by atoms with Crippen molar-refractivity contribution in [2.24, 2.45) is 0 Å². The zero-order chi connectivity index (χ0) is 30.0. The summed E-state index contributed by atoms with van der Waals surface area (Å²) in [5.41, 5.74) is 1.43. The number of likely N-dealkylation sites (tertiary alicyclic amines) is 1. The lowest BCUT2D eigenvalue weighted by atomic mass is 10.0. The van der Waals surface area contributed by atoms with Gasteiger partial charge in [-0.25, -0.2) is 27.5 Å². The number of carbonyl (C=O) groups excluding carboxylic acids is 1. The summed E-state index contributed by atoms with van der Waals surface area (Å²) in [6.45, 7) is 2.95. The maximum atomic E-state index is 14.9. The maximum Gasteiger partial charge on any atom is 0.287 e. The normalized spacial score (nSPS) is 16.1. The summed E-state index contributed by atoms with van der Waals surface area (Å²) in [6, 6.07) is 11.1. The number of nitrogens with one attached hydrogen (secondary N) is 1. The molecule has 8 nitrogen and oxygen atoms in total. The first-order chi connectivity index (χ1) is 20.1. The number of benzene rings is 3. The van der Waals surface area contributed by atoms with Crippen molar-refractivity contribution in [2.75, 3.05) is 32.6 Å². The molecule has 218 valence electrons. The van der Waals surface area contributed by atoms with Gasteiger partial charge in [0, 0.05) is 36.0 Å². The highest BCUT2D eigenvalue weighted by Gasteiger charge is 2.47. The summed E-state index contributed by atoms with van der Waals surface area (Å²) < 4.78 is 74.5. The first kappa shape index (κ1) is 28.7. The average molecular weight is 583 g/mol. The Morgan fingerprint density at radius 1 is 1.05 bits per heavy atom. The number of hydrogen-bond acceptors (Lipinski definition) is 7. The van der Waals surface area contributed by atoms with E-state index in [0.29, 0.717) is 27.9 Å². The van der Waals surface area contributed by atoms with Gasteiger partial charge in [0.1, 0.15) is 29.5 Å². The monoisotopic (exact) mass is 582 g/mol. The fourth-order valence-electron chi connectivity index (χ4n) is 4.72. The highest BCUT2D eigenvalue weighted by molar-refractivity contribution is 5.94. The predicted octanol–water partition coefficient (Wildman–Crippen LogP) is 6.14. The Kier molecular flexibility index (Phi) is 7.88. The standard InChI is InChI=1S/C30H26F4N4O4/c1-4-28(39)38-10-9-30(33,34)27(15-38)42-26-13-20-22(14-25(26)41-3)35-16-36-29(20)37-23-11-17(5-8-24(23)40-2)19-7-6-18(31)12-21(19)32/h4-8,11-14,16,27H,1,9-10,15H2,2-3H3,(H,35,36,37). The minimum atomic E-state index is -3.21. The molecule has 3 aromatic carbocycles. The second kappa shape index (κ2) is 11.6. The molecule has 0 bridgehead atoms. The molecule has 1 N–H and O–H groups in total. The number of amides is 1. The van der Waals surface area contributed by atoms with Crippen molar-refractivity contribution < 1.29 is 36.6 Å². The van der Waals surface area contributed by atoms with Crippen LogP contribution in [-0.4, -0.2) is 60.1 Å². The van der Waals surface area contributed by atoms with Gasteiger partial charge < -0.3 is 24.4 Å². The van der Waals surface area contributed by atoms with Crippen molar-refractivity contribution >= 4 is 28.3 Å². The van der Waals surface area contributed by atoms with Gasteiger partial charge >= 0.3 is 0 Å². The Labute approximate surface area is 238 Å². The van der Waals surface area contributed by atoms with Gasteiger partial charge in [0.25, 0.3) is 5.92 Å². The number of methoxy groups -OCH3 is 2. The molecule has 42 heavy (non-hydrogen) atoms. The first-order valence-corrected chi connectivity index (χ1v) is 12.8. The minimum absolute atomic E-state index is 0.00507. The molecule has 5 rings (SSSR count). The van der Waals surface area contributed by atoms with E-state index in [1.165, 1.54) is 43.6 Å². The molecule has 1 unspecified atom stereocenters. The van der Waals surface area contributed by atoms with E-state index in [2.05, 4.69) is 21.9 Å². The molecule has 1 aliphatic rings. The summed E-state index contributed by atoms with van der Waals surface area (Å²) in [6.07, 6.45) is 0.146. The highest BCUT2D eigenvalue weighted by atomic mass is 19.3. The summed E-state index contributed by atoms with van der Waals surface area (Å²) in [5.74, 6) is -4.31. The molecule has 1 aliphatic heterocycles. The van der Waals surface area contributed by atoms with Crippen LogP contribution < -0.4 is 19.5 Å². The third-order valence-electron chi connectivity index (χ3n) is 6.94. The number of alkyl halides is 2. The third-order valence-corrected chi connectivity index (χ3v) is 6.94. The molecule has 1 aromatic heterocycles. The van der Waals surface area contributed by atoms with Crippen LogP contribution in [0, 0.1) is 11.6 Å². The number of anilines is 2. The van der Waals surface area contributed by atoms with Gasteiger partial charge in [0.05, 0.1) is 32.0 Å². The first-order valence-electron chi connectivity index (χ1n) is 12.8. The number of aromatic nitrogens is 2. The van der Waals surface area contributed by atoms with Gasteiger partial charge in [-0.3, -0.25) is 4.79 Å². The number of ether oxygens (including phenoxy) is 3. The van der Waals surface area contributed by atoms with Gasteiger partial charge in [-0.05, 0) is 42.0 Å². The molecular formula is C30H26F4N4O4. The maximum absolute atomic E-state index is 14.9. The molecule has 0 radical (unpaired) electrons. The fraction of sp³-hybridized carbons (Fsp3) is 0.233. The van der Waals surface area contributed by atoms with E-state index >= 15 is 0 Å². The Balaban J connectivity index is 1.53. The Morgan fingerprint density at radius 3 is 2.55 bits per heavy atom. The fourth-order valence-corrected chi connectivity index (χ4v) is 4.72. The third kappa shape index (κ3) is 5.65. The van der Waals surface area contributed by atoms with Crippen LogP contribution in [0.2, 0.25) is 0 Å². The van der Waals surface area contributed by atoms with E-state index < -0.39 is 36.0 Å². The van der Waals surface area contributed by atoms with Gasteiger partial charge in [-0.2, -0.15) is 0 Å². The van der Waals surface area contributed by atoms with Crippen LogP contribution in [0.5, 0.6) is 17.2 Å². The number of piperidine rings is 1. The van der Waals surface area contributed by atoms with Gasteiger partial charge in [0.15, 0.2) is 17.6 Å². The molecule has 1 atom stereocenters. The molecule has 1 saturated heterocycles. The SMILES string of the molecule is C=CC(=O)N1CCC(F)(F)C(Oc2cc3c(Nc4cc(-c5ccc(F)cc5F)ccc4OC)ncnc3cc2OC)C1. The van der Waals surface area contributed by atoms with Gasteiger partial charge in [-0.15, -0.1) is 0 Å². The molecule has 0 saturated carbocycles. The Hall–Kier alpha value is -4.87. The zero-order valence-electron chi connectivity index (χ0n) is 22.7. The van der Waals surface area contributed by atoms with Crippen molar-refractivity contribution in [3.8, 4) is 28.4 Å². The van der Waals surface area contributed by atoms with Crippen LogP contribution in [0.15, 0.2) is 67.5 Å². The second-order valence-corrected chi connectivity index (χ2v) is 9.51. The lowest BCUT2D eigenvalue weighted by molar-refractivity contribution is -0.152. The van der Waals surface area contributed by atoms with Crippen molar-refractivity contribution in [3.05, 3.63) is 79.1 Å². The zero-order valence-corrected chi connectivity index (χ0v) is 22.7. The molecule has 4 aromatic rings. The van der Waals surface area contributed by atoms with Gasteiger partial charge in [0.2, 0.25) is 5.91 Å². The second-order valence-electron chi connectivity index (χ2n) is 9.51. The summed E-state index contributed by atoms with van der Waals surface area (Å²) >= 11 is 0. The molecule has 1 fully saturated rings. The quantitative estimate of drug-likeness (QED) is 0.197. The smallest absolute Gasteiger partial charge is 0.287 e. The van der Waals surface area contributed by atoms with E-state index in [1.807, 2.05) is 0 Å². The Morgan fingerprint density at radius 2 is 1.83 bits per heavy atom. The molecule has 2 heterocycles. The van der Waals surface area contributed by atoms with E-state index in [-0.39, 0.29) is 36.0 Å². The van der Waals surface area contributed by atoms with Crippen molar-refractivity contribution in [3.63, 3.8) is 0 Å². The topological polar surface area (TPSA) is 85.8 Å². The largest absolute Gasteiger partial charge is 0.495 e. The number of hydrogen-bond donors (Lipinski definition) is 1. The van der Waals surface area contributed by atoms with Crippen LogP contribution in [0.4, 0.5) is 29.1 Å². The molecular weight excluding hydrogens is 556 g/mol. The molecule has 0 aliphatic carbocycles. The molecule has 1 amide bonds. The van der Waals surface area contributed by atoms with Crippen molar-refractivity contribution in [1.29, 1.82) is 0 Å².